The molecule has 1 rings (SSSR count). The third-order valence-corrected chi connectivity index (χ3v) is 3.71. The first-order valence-electron chi connectivity index (χ1n) is 5.90. The summed E-state index contributed by atoms with van der Waals surface area (Å²) < 4.78 is 0. The highest BCUT2D eigenvalue weighted by Crippen LogP contribution is 2.22. The molecule has 0 radical (unpaired) electrons. The SMILES string of the molecule is CSCCC(C)N(C)c1ccccc1/C(N)=N/O. The molecule has 100 valence electrons. The van der Waals surface area contributed by atoms with Crippen LogP contribution in [-0.4, -0.2) is 36.1 Å². The van der Waals surface area contributed by atoms with E-state index in [4.69, 9.17) is 10.9 Å². The Morgan fingerprint density at radius 2 is 2.17 bits per heavy atom. The van der Waals surface area contributed by atoms with Crippen molar-refractivity contribution in [1.82, 2.24) is 0 Å². The topological polar surface area (TPSA) is 61.8 Å². The van der Waals surface area contributed by atoms with Gasteiger partial charge in [0.2, 0.25) is 0 Å². The number of benzene rings is 1. The normalized spacial score (nSPS) is 13.4. The Hall–Kier alpha value is -1.36. The van der Waals surface area contributed by atoms with Crippen molar-refractivity contribution in [1.29, 1.82) is 0 Å². The monoisotopic (exact) mass is 267 g/mol. The molecule has 0 saturated heterocycles. The van der Waals surface area contributed by atoms with E-state index in [1.807, 2.05) is 43.1 Å². The number of nitrogens with two attached hydrogens (primary N) is 1. The second kappa shape index (κ2) is 7.16. The van der Waals surface area contributed by atoms with Gasteiger partial charge in [0.05, 0.1) is 0 Å². The molecular formula is C13H21N3OS. The van der Waals surface area contributed by atoms with Crippen LogP contribution in [0.15, 0.2) is 29.4 Å². The van der Waals surface area contributed by atoms with Gasteiger partial charge in [0.25, 0.3) is 0 Å². The van der Waals surface area contributed by atoms with Gasteiger partial charge in [0.1, 0.15) is 0 Å². The van der Waals surface area contributed by atoms with E-state index in [1.54, 1.807) is 0 Å². The second-order valence-corrected chi connectivity index (χ2v) is 5.23. The van der Waals surface area contributed by atoms with Crippen LogP contribution in [0.3, 0.4) is 0 Å². The predicted molar refractivity (Wildman–Crippen MR) is 79.8 cm³/mol. The maximum atomic E-state index is 8.82. The van der Waals surface area contributed by atoms with E-state index in [9.17, 15) is 0 Å². The van der Waals surface area contributed by atoms with Crippen LogP contribution >= 0.6 is 11.8 Å². The molecule has 1 aromatic carbocycles. The predicted octanol–water partition coefficient (Wildman–Crippen LogP) is 2.36. The second-order valence-electron chi connectivity index (χ2n) is 4.24. The van der Waals surface area contributed by atoms with Crippen LogP contribution in [0.5, 0.6) is 0 Å². The fourth-order valence-corrected chi connectivity index (χ4v) is 2.35. The van der Waals surface area contributed by atoms with E-state index in [0.717, 1.165) is 23.4 Å². The van der Waals surface area contributed by atoms with E-state index in [-0.39, 0.29) is 5.84 Å². The van der Waals surface area contributed by atoms with Crippen LogP contribution in [0, 0.1) is 0 Å². The number of oxime groups is 1. The van der Waals surface area contributed by atoms with Gasteiger partial charge < -0.3 is 15.8 Å². The summed E-state index contributed by atoms with van der Waals surface area (Å²) in [4.78, 5) is 2.17. The Labute approximate surface area is 113 Å². The van der Waals surface area contributed by atoms with E-state index >= 15 is 0 Å². The molecule has 18 heavy (non-hydrogen) atoms. The lowest BCUT2D eigenvalue weighted by Gasteiger charge is -2.28. The average molecular weight is 267 g/mol. The number of para-hydroxylation sites is 1. The molecule has 0 bridgehead atoms. The molecule has 0 fully saturated rings. The van der Waals surface area contributed by atoms with Gasteiger partial charge in [-0.3, -0.25) is 0 Å². The minimum Gasteiger partial charge on any atom is -0.409 e. The quantitative estimate of drug-likeness (QED) is 0.359. The number of thioether (sulfide) groups is 1. The molecule has 3 N–H and O–H groups in total. The maximum Gasteiger partial charge on any atom is 0.172 e. The Balaban J connectivity index is 2.94. The van der Waals surface area contributed by atoms with Crippen molar-refractivity contribution in [2.24, 2.45) is 10.9 Å². The molecule has 1 unspecified atom stereocenters. The van der Waals surface area contributed by atoms with Gasteiger partial charge in [0, 0.05) is 24.3 Å². The number of hydrogen-bond donors (Lipinski definition) is 2. The summed E-state index contributed by atoms with van der Waals surface area (Å²) in [5.74, 6) is 1.27. The summed E-state index contributed by atoms with van der Waals surface area (Å²) in [7, 11) is 2.04. The zero-order valence-corrected chi connectivity index (χ0v) is 11.9. The molecule has 0 aliphatic heterocycles. The molecular weight excluding hydrogens is 246 g/mol. The Bertz CT molecular complexity index is 409. The summed E-state index contributed by atoms with van der Waals surface area (Å²) in [5, 5.41) is 11.9. The lowest BCUT2D eigenvalue weighted by atomic mass is 10.1. The first kappa shape index (κ1) is 14.7. The summed E-state index contributed by atoms with van der Waals surface area (Å²) in [6, 6.07) is 8.11. The molecule has 0 aliphatic rings. The molecule has 0 amide bonds. The van der Waals surface area contributed by atoms with Crippen molar-refractivity contribution in [3.05, 3.63) is 29.8 Å². The summed E-state index contributed by atoms with van der Waals surface area (Å²) in [5.41, 5.74) is 7.45. The Morgan fingerprint density at radius 3 is 2.78 bits per heavy atom. The molecule has 1 aromatic rings. The van der Waals surface area contributed by atoms with Crippen molar-refractivity contribution in [3.8, 4) is 0 Å². The number of amidine groups is 1. The van der Waals surface area contributed by atoms with Crippen LogP contribution in [0.25, 0.3) is 0 Å². The largest absolute Gasteiger partial charge is 0.409 e. The van der Waals surface area contributed by atoms with Crippen LogP contribution in [0.1, 0.15) is 18.9 Å². The minimum absolute atomic E-state index is 0.148. The van der Waals surface area contributed by atoms with Crippen LogP contribution in [-0.2, 0) is 0 Å². The number of hydrogen-bond acceptors (Lipinski definition) is 4. The van der Waals surface area contributed by atoms with Gasteiger partial charge in [-0.15, -0.1) is 0 Å². The molecule has 0 heterocycles. The highest BCUT2D eigenvalue weighted by atomic mass is 32.2. The zero-order valence-electron chi connectivity index (χ0n) is 11.1. The molecule has 0 spiro atoms. The van der Waals surface area contributed by atoms with Gasteiger partial charge in [-0.05, 0) is 37.5 Å². The molecule has 0 saturated carbocycles. The molecule has 0 aromatic heterocycles. The summed E-state index contributed by atoms with van der Waals surface area (Å²) in [6.45, 7) is 2.18. The third kappa shape index (κ3) is 3.57. The van der Waals surface area contributed by atoms with E-state index in [2.05, 4.69) is 23.2 Å². The molecule has 5 heteroatoms. The Morgan fingerprint density at radius 1 is 1.50 bits per heavy atom. The van der Waals surface area contributed by atoms with Crippen LogP contribution < -0.4 is 10.6 Å². The minimum atomic E-state index is 0.148. The smallest absolute Gasteiger partial charge is 0.172 e. The van der Waals surface area contributed by atoms with E-state index < -0.39 is 0 Å². The highest BCUT2D eigenvalue weighted by molar-refractivity contribution is 7.98. The standard InChI is InChI=1S/C13H21N3OS/c1-10(8-9-18-3)16(2)12-7-5-4-6-11(12)13(14)15-17/h4-7,10,17H,8-9H2,1-3H3,(H2,14,15). The number of anilines is 1. The first-order chi connectivity index (χ1) is 8.61. The maximum absolute atomic E-state index is 8.82. The van der Waals surface area contributed by atoms with Crippen molar-refractivity contribution in [3.63, 3.8) is 0 Å². The van der Waals surface area contributed by atoms with Crippen LogP contribution in [0.4, 0.5) is 5.69 Å². The van der Waals surface area contributed by atoms with Crippen molar-refractivity contribution >= 4 is 23.3 Å². The molecule has 0 aliphatic carbocycles. The van der Waals surface area contributed by atoms with Gasteiger partial charge in [0.15, 0.2) is 5.84 Å². The average Bonchev–Trinajstić information content (AvgIpc) is 2.43. The van der Waals surface area contributed by atoms with Gasteiger partial charge in [-0.25, -0.2) is 0 Å². The van der Waals surface area contributed by atoms with Gasteiger partial charge >= 0.3 is 0 Å². The van der Waals surface area contributed by atoms with E-state index in [1.165, 1.54) is 0 Å². The van der Waals surface area contributed by atoms with E-state index in [0.29, 0.717) is 6.04 Å². The van der Waals surface area contributed by atoms with Gasteiger partial charge in [-0.2, -0.15) is 11.8 Å². The first-order valence-corrected chi connectivity index (χ1v) is 7.30. The van der Waals surface area contributed by atoms with Crippen LogP contribution in [0.2, 0.25) is 0 Å². The highest BCUT2D eigenvalue weighted by Gasteiger charge is 2.14. The Kier molecular flexibility index (Phi) is 5.85. The lowest BCUT2D eigenvalue weighted by molar-refractivity contribution is 0.318. The lowest BCUT2D eigenvalue weighted by Crippen LogP contribution is -2.31. The fourth-order valence-electron chi connectivity index (χ4n) is 1.77. The van der Waals surface area contributed by atoms with Crippen molar-refractivity contribution in [2.45, 2.75) is 19.4 Å². The summed E-state index contributed by atoms with van der Waals surface area (Å²) >= 11 is 1.84. The van der Waals surface area contributed by atoms with Gasteiger partial charge in [-0.1, -0.05) is 17.3 Å². The molecule has 1 atom stereocenters. The third-order valence-electron chi connectivity index (χ3n) is 3.07. The zero-order chi connectivity index (χ0) is 13.5. The summed E-state index contributed by atoms with van der Waals surface area (Å²) in [6.07, 6.45) is 3.21. The molecule has 4 nitrogen and oxygen atoms in total. The number of nitrogens with zero attached hydrogens (tertiary/aromatic N) is 2. The number of rotatable bonds is 6. The fraction of sp³-hybridized carbons (Fsp3) is 0.462. The van der Waals surface area contributed by atoms with Crippen molar-refractivity contribution in [2.75, 3.05) is 24.0 Å². The van der Waals surface area contributed by atoms with Crippen molar-refractivity contribution < 1.29 is 5.21 Å².